The summed E-state index contributed by atoms with van der Waals surface area (Å²) in [5, 5.41) is 0.516. The van der Waals surface area contributed by atoms with Gasteiger partial charge in [-0.15, -0.1) is 0 Å². The molecule has 25 heavy (non-hydrogen) atoms. The molecule has 0 aliphatic heterocycles. The molecule has 0 saturated heterocycles. The molecule has 0 unspecified atom stereocenters. The van der Waals surface area contributed by atoms with Crippen molar-refractivity contribution in [2.24, 2.45) is 23.2 Å². The molecule has 0 atom stereocenters. The predicted octanol–water partition coefficient (Wildman–Crippen LogP) is 4.41. The van der Waals surface area contributed by atoms with Crippen LogP contribution in [0.2, 0.25) is 0 Å². The van der Waals surface area contributed by atoms with E-state index in [0.29, 0.717) is 5.33 Å². The van der Waals surface area contributed by atoms with Crippen LogP contribution >= 0.6 is 15.9 Å². The molecule has 140 valence electrons. The molecule has 4 aliphatic carbocycles. The Morgan fingerprint density at radius 3 is 1.72 bits per heavy atom. The van der Waals surface area contributed by atoms with Gasteiger partial charge in [-0.1, -0.05) is 15.9 Å². The molecule has 5 heteroatoms. The Bertz CT molecular complexity index is 511. The number of rotatable bonds is 7. The standard InChI is InChI=1S/C20H29BrO4/c1-3-24-18(22)17(19(23)25-4-2)16(12-21)11-20-8-13-5-14(9-20)7-15(6-13)10-20/h13-15H,3-12H2,1-2H3. The monoisotopic (exact) mass is 412 g/mol. The minimum absolute atomic E-state index is 0.122. The van der Waals surface area contributed by atoms with E-state index in [1.807, 2.05) is 0 Å². The first-order chi connectivity index (χ1) is 12.0. The van der Waals surface area contributed by atoms with Crippen LogP contribution in [0.3, 0.4) is 0 Å². The van der Waals surface area contributed by atoms with Gasteiger partial charge in [-0.2, -0.15) is 0 Å². The second-order valence-corrected chi connectivity index (χ2v) is 8.71. The van der Waals surface area contributed by atoms with Crippen molar-refractivity contribution in [3.63, 3.8) is 0 Å². The van der Waals surface area contributed by atoms with E-state index >= 15 is 0 Å². The smallest absolute Gasteiger partial charge is 0.345 e. The molecule has 0 N–H and O–H groups in total. The number of halogens is 1. The first kappa shape index (κ1) is 18.9. The molecule has 0 amide bonds. The number of esters is 2. The number of alkyl halides is 1. The van der Waals surface area contributed by atoms with Gasteiger partial charge in [0.25, 0.3) is 0 Å². The summed E-state index contributed by atoms with van der Waals surface area (Å²) in [6, 6.07) is 0. The van der Waals surface area contributed by atoms with Crippen LogP contribution in [0.5, 0.6) is 0 Å². The lowest BCUT2D eigenvalue weighted by Crippen LogP contribution is -2.46. The highest BCUT2D eigenvalue weighted by Gasteiger charge is 2.51. The Labute approximate surface area is 158 Å². The van der Waals surface area contributed by atoms with E-state index < -0.39 is 11.9 Å². The quantitative estimate of drug-likeness (QED) is 0.204. The summed E-state index contributed by atoms with van der Waals surface area (Å²) in [7, 11) is 0. The fourth-order valence-electron chi connectivity index (χ4n) is 5.94. The highest BCUT2D eigenvalue weighted by molar-refractivity contribution is 9.09. The normalized spacial score (nSPS) is 32.4. The third kappa shape index (κ3) is 3.96. The van der Waals surface area contributed by atoms with Crippen molar-refractivity contribution in [2.75, 3.05) is 18.5 Å². The third-order valence-electron chi connectivity index (χ3n) is 6.23. The predicted molar refractivity (Wildman–Crippen MR) is 99.3 cm³/mol. The molecule has 4 fully saturated rings. The minimum atomic E-state index is -0.542. The van der Waals surface area contributed by atoms with Crippen LogP contribution in [0.25, 0.3) is 0 Å². The zero-order chi connectivity index (χ0) is 18.0. The molecular weight excluding hydrogens is 384 g/mol. The van der Waals surface area contributed by atoms with Crippen molar-refractivity contribution >= 4 is 27.9 Å². The molecule has 0 aromatic rings. The number of carbonyl (C=O) groups is 2. The van der Waals surface area contributed by atoms with Crippen LogP contribution in [-0.2, 0) is 19.1 Å². The number of hydrogen-bond acceptors (Lipinski definition) is 4. The van der Waals surface area contributed by atoms with Gasteiger partial charge in [-0.3, -0.25) is 0 Å². The zero-order valence-electron chi connectivity index (χ0n) is 15.3. The number of ether oxygens (including phenoxy) is 2. The van der Waals surface area contributed by atoms with E-state index in [4.69, 9.17) is 9.47 Å². The second-order valence-electron chi connectivity index (χ2n) is 8.15. The average molecular weight is 413 g/mol. The van der Waals surface area contributed by atoms with Crippen LogP contribution in [0.4, 0.5) is 0 Å². The van der Waals surface area contributed by atoms with Crippen LogP contribution in [0, 0.1) is 23.2 Å². The molecule has 0 aromatic heterocycles. The summed E-state index contributed by atoms with van der Waals surface area (Å²) in [5.41, 5.74) is 1.25. The van der Waals surface area contributed by atoms with Crippen molar-refractivity contribution in [3.8, 4) is 0 Å². The molecule has 0 heterocycles. The second kappa shape index (κ2) is 7.81. The Balaban J connectivity index is 1.88. The first-order valence-electron chi connectivity index (χ1n) is 9.62. The van der Waals surface area contributed by atoms with Crippen molar-refractivity contribution in [3.05, 3.63) is 11.1 Å². The van der Waals surface area contributed by atoms with Crippen LogP contribution in [0.15, 0.2) is 11.1 Å². The first-order valence-corrected chi connectivity index (χ1v) is 10.7. The molecule has 4 nitrogen and oxygen atoms in total. The van der Waals surface area contributed by atoms with Gasteiger partial charge in [0, 0.05) is 5.33 Å². The van der Waals surface area contributed by atoms with Gasteiger partial charge in [-0.05, 0) is 87.5 Å². The van der Waals surface area contributed by atoms with Crippen molar-refractivity contribution in [1.82, 2.24) is 0 Å². The Kier molecular flexibility index (Phi) is 5.92. The van der Waals surface area contributed by atoms with Gasteiger partial charge < -0.3 is 9.47 Å². The van der Waals surface area contributed by atoms with E-state index in [9.17, 15) is 9.59 Å². The van der Waals surface area contributed by atoms with E-state index in [2.05, 4.69) is 15.9 Å². The van der Waals surface area contributed by atoms with Gasteiger partial charge in [0.1, 0.15) is 5.57 Å². The van der Waals surface area contributed by atoms with E-state index in [1.165, 1.54) is 38.5 Å². The van der Waals surface area contributed by atoms with Gasteiger partial charge >= 0.3 is 11.9 Å². The fraction of sp³-hybridized carbons (Fsp3) is 0.800. The Morgan fingerprint density at radius 2 is 1.36 bits per heavy atom. The maximum atomic E-state index is 12.4. The molecule has 4 rings (SSSR count). The lowest BCUT2D eigenvalue weighted by Gasteiger charge is -2.57. The largest absolute Gasteiger partial charge is 0.462 e. The summed E-state index contributed by atoms with van der Waals surface area (Å²) >= 11 is 3.52. The summed E-state index contributed by atoms with van der Waals surface area (Å²) in [6.07, 6.45) is 8.70. The number of carbonyl (C=O) groups excluding carboxylic acids is 2. The maximum Gasteiger partial charge on any atom is 0.345 e. The van der Waals surface area contributed by atoms with E-state index in [0.717, 1.165) is 29.7 Å². The maximum absolute atomic E-state index is 12.4. The van der Waals surface area contributed by atoms with Crippen molar-refractivity contribution < 1.29 is 19.1 Å². The number of hydrogen-bond donors (Lipinski definition) is 0. The lowest BCUT2D eigenvalue weighted by atomic mass is 9.48. The van der Waals surface area contributed by atoms with E-state index in [1.54, 1.807) is 13.8 Å². The average Bonchev–Trinajstić information content (AvgIpc) is 2.53. The Morgan fingerprint density at radius 1 is 0.920 bits per heavy atom. The van der Waals surface area contributed by atoms with Crippen LogP contribution in [-0.4, -0.2) is 30.5 Å². The molecule has 0 spiro atoms. The van der Waals surface area contributed by atoms with Gasteiger partial charge in [0.05, 0.1) is 13.2 Å². The molecule has 0 radical (unpaired) electrons. The fourth-order valence-corrected chi connectivity index (χ4v) is 6.42. The summed E-state index contributed by atoms with van der Waals surface area (Å²) < 4.78 is 10.3. The minimum Gasteiger partial charge on any atom is -0.462 e. The van der Waals surface area contributed by atoms with Crippen molar-refractivity contribution in [1.29, 1.82) is 0 Å². The zero-order valence-corrected chi connectivity index (χ0v) is 16.9. The topological polar surface area (TPSA) is 52.6 Å². The summed E-state index contributed by atoms with van der Waals surface area (Å²) in [5.74, 6) is 1.45. The molecular formula is C20H29BrO4. The summed E-state index contributed by atoms with van der Waals surface area (Å²) in [6.45, 7) is 4.03. The van der Waals surface area contributed by atoms with Crippen molar-refractivity contribution in [2.45, 2.75) is 58.8 Å². The van der Waals surface area contributed by atoms with E-state index in [-0.39, 0.29) is 24.2 Å². The highest BCUT2D eigenvalue weighted by atomic mass is 79.9. The van der Waals surface area contributed by atoms with Gasteiger partial charge in [-0.25, -0.2) is 9.59 Å². The highest BCUT2D eigenvalue weighted by Crippen LogP contribution is 2.62. The Hall–Kier alpha value is -0.840. The lowest BCUT2D eigenvalue weighted by molar-refractivity contribution is -0.146. The molecule has 4 bridgehead atoms. The van der Waals surface area contributed by atoms with Gasteiger partial charge in [0.15, 0.2) is 0 Å². The van der Waals surface area contributed by atoms with Gasteiger partial charge in [0.2, 0.25) is 0 Å². The third-order valence-corrected chi connectivity index (χ3v) is 6.90. The van der Waals surface area contributed by atoms with Crippen LogP contribution in [0.1, 0.15) is 58.8 Å². The molecule has 4 saturated carbocycles. The number of allylic oxidation sites excluding steroid dienone is 1. The SMILES string of the molecule is CCOC(=O)C(C(=O)OCC)=C(CBr)CC12CC3CC(CC(C3)C1)C2. The molecule has 0 aromatic carbocycles. The summed E-state index contributed by atoms with van der Waals surface area (Å²) in [4.78, 5) is 24.9. The van der Waals surface area contributed by atoms with Crippen LogP contribution < -0.4 is 0 Å². The molecule has 4 aliphatic rings.